The molecule has 0 aliphatic carbocycles. The van der Waals surface area contributed by atoms with Crippen LogP contribution in [-0.4, -0.2) is 11.3 Å². The molecule has 0 amide bonds. The van der Waals surface area contributed by atoms with E-state index in [1.807, 2.05) is 0 Å². The highest BCUT2D eigenvalue weighted by Crippen LogP contribution is 2.34. The van der Waals surface area contributed by atoms with Gasteiger partial charge >= 0.3 is 6.18 Å². The van der Waals surface area contributed by atoms with Gasteiger partial charge in [-0.15, -0.1) is 0 Å². The van der Waals surface area contributed by atoms with Crippen LogP contribution in [0.2, 0.25) is 0 Å². The molecule has 88 valence electrons. The monoisotopic (exact) mass is 243 g/mol. The maximum Gasteiger partial charge on any atom is 0.434 e. The third kappa shape index (κ3) is 2.31. The molecule has 0 radical (unpaired) electrons. The van der Waals surface area contributed by atoms with Crippen LogP contribution in [0.1, 0.15) is 28.0 Å². The lowest BCUT2D eigenvalue weighted by Crippen LogP contribution is -2.15. The van der Waals surface area contributed by atoms with Gasteiger partial charge in [-0.1, -0.05) is 0 Å². The second-order valence-electron chi connectivity index (χ2n) is 2.71. The SMILES string of the molecule is O=Cc1c(C(F)F)cc(F)nc1C(F)(F)F. The van der Waals surface area contributed by atoms with E-state index in [1.165, 1.54) is 0 Å². The molecule has 16 heavy (non-hydrogen) atoms. The molecule has 0 atom stereocenters. The van der Waals surface area contributed by atoms with Crippen molar-refractivity contribution in [1.29, 1.82) is 0 Å². The molecule has 0 unspecified atom stereocenters. The maximum atomic E-state index is 12.6. The van der Waals surface area contributed by atoms with Gasteiger partial charge in [-0.3, -0.25) is 4.79 Å². The van der Waals surface area contributed by atoms with Crippen molar-refractivity contribution in [2.24, 2.45) is 0 Å². The van der Waals surface area contributed by atoms with Crippen LogP contribution >= 0.6 is 0 Å². The smallest absolute Gasteiger partial charge is 0.298 e. The van der Waals surface area contributed by atoms with E-state index >= 15 is 0 Å². The van der Waals surface area contributed by atoms with Crippen molar-refractivity contribution < 1.29 is 31.1 Å². The van der Waals surface area contributed by atoms with Crippen LogP contribution in [0.4, 0.5) is 26.3 Å². The zero-order valence-electron chi connectivity index (χ0n) is 7.36. The van der Waals surface area contributed by atoms with E-state index in [4.69, 9.17) is 0 Å². The first-order valence-corrected chi connectivity index (χ1v) is 3.78. The molecule has 1 aromatic rings. The van der Waals surface area contributed by atoms with Crippen molar-refractivity contribution >= 4 is 6.29 Å². The molecule has 0 fully saturated rings. The molecule has 0 bridgehead atoms. The Morgan fingerprint density at radius 1 is 1.31 bits per heavy atom. The summed E-state index contributed by atoms with van der Waals surface area (Å²) >= 11 is 0. The van der Waals surface area contributed by atoms with Crippen LogP contribution in [0.5, 0.6) is 0 Å². The molecule has 1 heterocycles. The fourth-order valence-electron chi connectivity index (χ4n) is 1.06. The Balaban J connectivity index is 3.55. The van der Waals surface area contributed by atoms with E-state index in [0.29, 0.717) is 0 Å². The van der Waals surface area contributed by atoms with Gasteiger partial charge in [0, 0.05) is 11.6 Å². The third-order valence-corrected chi connectivity index (χ3v) is 1.68. The van der Waals surface area contributed by atoms with Crippen LogP contribution in [-0.2, 0) is 6.18 Å². The lowest BCUT2D eigenvalue weighted by atomic mass is 10.1. The van der Waals surface area contributed by atoms with Crippen molar-refractivity contribution in [2.45, 2.75) is 12.6 Å². The molecule has 2 nitrogen and oxygen atoms in total. The molecule has 0 spiro atoms. The predicted octanol–water partition coefficient (Wildman–Crippen LogP) is 2.99. The Morgan fingerprint density at radius 2 is 1.88 bits per heavy atom. The summed E-state index contributed by atoms with van der Waals surface area (Å²) in [6, 6.07) is 0.101. The first-order valence-electron chi connectivity index (χ1n) is 3.78. The minimum Gasteiger partial charge on any atom is -0.298 e. The Bertz CT molecular complexity index is 414. The molecule has 0 aromatic carbocycles. The fourth-order valence-corrected chi connectivity index (χ4v) is 1.06. The largest absolute Gasteiger partial charge is 0.434 e. The second kappa shape index (κ2) is 4.11. The summed E-state index contributed by atoms with van der Waals surface area (Å²) in [4.78, 5) is 12.7. The van der Waals surface area contributed by atoms with Gasteiger partial charge in [0.05, 0.1) is 5.56 Å². The normalized spacial score (nSPS) is 11.9. The van der Waals surface area contributed by atoms with Crippen LogP contribution in [0.25, 0.3) is 0 Å². The molecule has 8 heteroatoms. The number of hydrogen-bond acceptors (Lipinski definition) is 2. The number of halogens is 6. The zero-order valence-corrected chi connectivity index (χ0v) is 7.36. The number of aldehydes is 1. The van der Waals surface area contributed by atoms with E-state index < -0.39 is 41.7 Å². The Morgan fingerprint density at radius 3 is 2.25 bits per heavy atom. The summed E-state index contributed by atoms with van der Waals surface area (Å²) in [5.41, 5.74) is -4.61. The summed E-state index contributed by atoms with van der Waals surface area (Å²) in [6.07, 6.45) is -8.97. The van der Waals surface area contributed by atoms with Gasteiger partial charge < -0.3 is 0 Å². The maximum absolute atomic E-state index is 12.6. The van der Waals surface area contributed by atoms with Gasteiger partial charge in [-0.05, 0) is 0 Å². The minimum atomic E-state index is -5.16. The first kappa shape index (κ1) is 12.5. The summed E-state index contributed by atoms with van der Waals surface area (Å²) in [5.74, 6) is -1.71. The summed E-state index contributed by atoms with van der Waals surface area (Å²) in [5, 5.41) is 0. The average Bonchev–Trinajstić information content (AvgIpc) is 2.14. The van der Waals surface area contributed by atoms with Gasteiger partial charge in [-0.25, -0.2) is 13.8 Å². The lowest BCUT2D eigenvalue weighted by Gasteiger charge is -2.11. The molecule has 0 saturated heterocycles. The number of alkyl halides is 5. The van der Waals surface area contributed by atoms with Gasteiger partial charge in [0.1, 0.15) is 0 Å². The highest BCUT2D eigenvalue weighted by atomic mass is 19.4. The summed E-state index contributed by atoms with van der Waals surface area (Å²) in [6.45, 7) is 0. The summed E-state index contributed by atoms with van der Waals surface area (Å²) in [7, 11) is 0. The first-order chi connectivity index (χ1) is 7.27. The Kier molecular flexibility index (Phi) is 3.20. The van der Waals surface area contributed by atoms with Gasteiger partial charge in [0.2, 0.25) is 5.95 Å². The third-order valence-electron chi connectivity index (χ3n) is 1.68. The second-order valence-corrected chi connectivity index (χ2v) is 2.71. The molecule has 1 rings (SSSR count). The molecular weight excluding hydrogens is 240 g/mol. The van der Waals surface area contributed by atoms with Crippen LogP contribution in [0, 0.1) is 5.95 Å². The number of aromatic nitrogens is 1. The number of pyridine rings is 1. The van der Waals surface area contributed by atoms with E-state index in [2.05, 4.69) is 4.98 Å². The van der Waals surface area contributed by atoms with Crippen molar-refractivity contribution in [2.75, 3.05) is 0 Å². The molecule has 0 N–H and O–H groups in total. The van der Waals surface area contributed by atoms with E-state index in [-0.39, 0.29) is 6.07 Å². The lowest BCUT2D eigenvalue weighted by molar-refractivity contribution is -0.142. The van der Waals surface area contributed by atoms with Crippen molar-refractivity contribution in [3.63, 3.8) is 0 Å². The van der Waals surface area contributed by atoms with Gasteiger partial charge in [0.15, 0.2) is 12.0 Å². The van der Waals surface area contributed by atoms with Crippen LogP contribution in [0.3, 0.4) is 0 Å². The molecular formula is C8H3F6NO. The van der Waals surface area contributed by atoms with Crippen molar-refractivity contribution in [3.05, 3.63) is 28.8 Å². The highest BCUT2D eigenvalue weighted by Gasteiger charge is 2.38. The number of hydrogen-bond donors (Lipinski definition) is 0. The number of carbonyl (C=O) groups excluding carboxylic acids is 1. The zero-order chi connectivity index (χ0) is 12.5. The standard InChI is InChI=1S/C8H3F6NO/c9-5-1-3(7(10)11)4(2-16)6(15-5)8(12,13)14/h1-2,7H. The van der Waals surface area contributed by atoms with Crippen molar-refractivity contribution in [1.82, 2.24) is 4.98 Å². The molecule has 0 saturated carbocycles. The van der Waals surface area contributed by atoms with E-state index in [9.17, 15) is 31.1 Å². The van der Waals surface area contributed by atoms with E-state index in [0.717, 1.165) is 0 Å². The Hall–Kier alpha value is -1.60. The topological polar surface area (TPSA) is 30.0 Å². The average molecular weight is 243 g/mol. The van der Waals surface area contributed by atoms with E-state index in [1.54, 1.807) is 0 Å². The van der Waals surface area contributed by atoms with Crippen LogP contribution in [0.15, 0.2) is 6.07 Å². The van der Waals surface area contributed by atoms with Gasteiger partial charge in [0.25, 0.3) is 6.43 Å². The molecule has 0 aliphatic heterocycles. The number of rotatable bonds is 2. The molecule has 0 aliphatic rings. The number of nitrogens with zero attached hydrogens (tertiary/aromatic N) is 1. The van der Waals surface area contributed by atoms with Crippen LogP contribution < -0.4 is 0 Å². The fraction of sp³-hybridized carbons (Fsp3) is 0.250. The minimum absolute atomic E-state index is 0.101. The molecule has 1 aromatic heterocycles. The predicted molar refractivity (Wildman–Crippen MR) is 39.5 cm³/mol. The quantitative estimate of drug-likeness (QED) is 0.454. The Labute approximate surface area is 84.9 Å². The summed E-state index contributed by atoms with van der Waals surface area (Å²) < 4.78 is 73.7. The van der Waals surface area contributed by atoms with Crippen molar-refractivity contribution in [3.8, 4) is 0 Å². The highest BCUT2D eigenvalue weighted by molar-refractivity contribution is 5.79. The van der Waals surface area contributed by atoms with Gasteiger partial charge in [-0.2, -0.15) is 17.6 Å². The number of carbonyl (C=O) groups is 1.